The Labute approximate surface area is 57.6 Å². The highest BCUT2D eigenvalue weighted by atomic mass is 19.4. The summed E-state index contributed by atoms with van der Waals surface area (Å²) in [5.74, 6) is 0. The monoisotopic (exact) mass is 181 g/mol. The molecule has 0 fully saturated rings. The molecule has 0 aromatic heterocycles. The van der Waals surface area contributed by atoms with E-state index in [4.69, 9.17) is 5.11 Å². The minimum Gasteiger partial charge on any atom is -0.374 e. The Bertz CT molecular complexity index is 126. The van der Waals surface area contributed by atoms with Gasteiger partial charge >= 0.3 is 12.4 Å². The lowest BCUT2D eigenvalue weighted by atomic mass is 10.1. The molecular weight excluding hydrogens is 178 g/mol. The van der Waals surface area contributed by atoms with Crippen molar-refractivity contribution >= 4 is 0 Å². The predicted molar refractivity (Wildman–Crippen MR) is 22.4 cm³/mol. The van der Waals surface area contributed by atoms with Gasteiger partial charge in [0, 0.05) is 0 Å². The van der Waals surface area contributed by atoms with Gasteiger partial charge in [-0.05, 0) is 6.92 Å². The highest BCUT2D eigenvalue weighted by Gasteiger charge is 2.67. The van der Waals surface area contributed by atoms with Crippen LogP contribution in [0.5, 0.6) is 0 Å². The van der Waals surface area contributed by atoms with E-state index in [1.54, 1.807) is 6.92 Å². The van der Waals surface area contributed by atoms with Crippen molar-refractivity contribution in [2.45, 2.75) is 18.0 Å². The van der Waals surface area contributed by atoms with E-state index < -0.39 is 18.0 Å². The van der Waals surface area contributed by atoms with Gasteiger partial charge in [0.15, 0.2) is 0 Å². The van der Waals surface area contributed by atoms with E-state index in [9.17, 15) is 26.3 Å². The van der Waals surface area contributed by atoms with Crippen molar-refractivity contribution in [2.75, 3.05) is 0 Å². The summed E-state index contributed by atoms with van der Waals surface area (Å²) >= 11 is 0. The summed E-state index contributed by atoms with van der Waals surface area (Å²) in [6.45, 7) is 1.62. The molecule has 1 N–H and O–H groups in total. The largest absolute Gasteiger partial charge is 0.426 e. The Kier molecular flexibility index (Phi) is 2.17. The summed E-state index contributed by atoms with van der Waals surface area (Å²) in [7, 11) is 0. The van der Waals surface area contributed by atoms with Crippen molar-refractivity contribution in [3.05, 3.63) is 6.92 Å². The molecule has 1 radical (unpaired) electrons. The molecule has 0 atom stereocenters. The maximum atomic E-state index is 11.3. The Morgan fingerprint density at radius 3 is 1.00 bits per heavy atom. The fraction of sp³-hybridized carbons (Fsp3) is 0.750. The summed E-state index contributed by atoms with van der Waals surface area (Å²) < 4.78 is 67.8. The molecule has 0 aliphatic heterocycles. The molecule has 0 aromatic carbocycles. The van der Waals surface area contributed by atoms with E-state index in [0.717, 1.165) is 0 Å². The molecule has 0 aliphatic rings. The van der Waals surface area contributed by atoms with E-state index in [1.165, 1.54) is 0 Å². The predicted octanol–water partition coefficient (Wildman–Crippen LogP) is 1.68. The average molecular weight is 181 g/mol. The first-order chi connectivity index (χ1) is 4.50. The average Bonchev–Trinajstić information content (AvgIpc) is 1.58. The fourth-order valence-corrected chi connectivity index (χ4v) is 0.161. The highest BCUT2D eigenvalue weighted by Crippen LogP contribution is 2.41. The van der Waals surface area contributed by atoms with Crippen molar-refractivity contribution in [2.24, 2.45) is 0 Å². The number of alkyl halides is 6. The molecule has 1 nitrogen and oxygen atoms in total. The van der Waals surface area contributed by atoms with Crippen LogP contribution in [0.3, 0.4) is 0 Å². The van der Waals surface area contributed by atoms with Crippen molar-refractivity contribution in [1.82, 2.24) is 0 Å². The van der Waals surface area contributed by atoms with Gasteiger partial charge in [0.1, 0.15) is 0 Å². The van der Waals surface area contributed by atoms with E-state index in [2.05, 4.69) is 0 Å². The third kappa shape index (κ3) is 1.76. The van der Waals surface area contributed by atoms with Crippen LogP contribution in [0.1, 0.15) is 0 Å². The zero-order valence-electron chi connectivity index (χ0n) is 4.92. The third-order valence-electron chi connectivity index (χ3n) is 0.938. The smallest absolute Gasteiger partial charge is 0.374 e. The van der Waals surface area contributed by atoms with Gasteiger partial charge in [-0.1, -0.05) is 0 Å². The zero-order valence-corrected chi connectivity index (χ0v) is 4.92. The molecule has 0 amide bonds. The minimum atomic E-state index is -5.80. The standard InChI is InChI=1S/C4H3F6O/c1-2(11,3(5,6)7)4(8,9)10/h11H,1H2. The minimum absolute atomic E-state index is 1.62. The first-order valence-electron chi connectivity index (χ1n) is 2.21. The second kappa shape index (κ2) is 2.26. The van der Waals surface area contributed by atoms with Gasteiger partial charge in [-0.3, -0.25) is 0 Å². The normalized spacial score (nSPS) is 15.3. The molecule has 0 saturated heterocycles. The van der Waals surface area contributed by atoms with Gasteiger partial charge in [0.05, 0.1) is 0 Å². The molecule has 7 heteroatoms. The van der Waals surface area contributed by atoms with Crippen LogP contribution in [0.2, 0.25) is 0 Å². The van der Waals surface area contributed by atoms with Gasteiger partial charge in [-0.2, -0.15) is 26.3 Å². The van der Waals surface area contributed by atoms with Crippen LogP contribution < -0.4 is 0 Å². The SMILES string of the molecule is [CH2]C(O)(C(F)(F)F)C(F)(F)F. The van der Waals surface area contributed by atoms with Crippen LogP contribution in [0.15, 0.2) is 0 Å². The van der Waals surface area contributed by atoms with Crippen LogP contribution >= 0.6 is 0 Å². The van der Waals surface area contributed by atoms with Gasteiger partial charge in [0.25, 0.3) is 5.60 Å². The van der Waals surface area contributed by atoms with Crippen molar-refractivity contribution in [1.29, 1.82) is 0 Å². The van der Waals surface area contributed by atoms with Crippen molar-refractivity contribution in [3.63, 3.8) is 0 Å². The van der Waals surface area contributed by atoms with E-state index in [-0.39, 0.29) is 0 Å². The fourth-order valence-electron chi connectivity index (χ4n) is 0.161. The van der Waals surface area contributed by atoms with Crippen LogP contribution in [-0.4, -0.2) is 23.1 Å². The lowest BCUT2D eigenvalue weighted by molar-refractivity contribution is -0.349. The molecule has 0 unspecified atom stereocenters. The maximum absolute atomic E-state index is 11.3. The summed E-state index contributed by atoms with van der Waals surface area (Å²) in [4.78, 5) is 0. The van der Waals surface area contributed by atoms with Gasteiger partial charge < -0.3 is 5.11 Å². The van der Waals surface area contributed by atoms with E-state index in [1.807, 2.05) is 0 Å². The van der Waals surface area contributed by atoms with Crippen LogP contribution in [0, 0.1) is 6.92 Å². The Hall–Kier alpha value is -0.460. The van der Waals surface area contributed by atoms with Crippen molar-refractivity contribution in [3.8, 4) is 0 Å². The third-order valence-corrected chi connectivity index (χ3v) is 0.938. The maximum Gasteiger partial charge on any atom is 0.426 e. The summed E-state index contributed by atoms with van der Waals surface area (Å²) in [5, 5.41) is 7.83. The molecular formula is C4H3F6O. The molecule has 0 aromatic rings. The molecule has 67 valence electrons. The van der Waals surface area contributed by atoms with Crippen LogP contribution in [0.4, 0.5) is 26.3 Å². The van der Waals surface area contributed by atoms with Gasteiger partial charge in [-0.25, -0.2) is 0 Å². The lowest BCUT2D eigenvalue weighted by Crippen LogP contribution is -2.54. The zero-order chi connectivity index (χ0) is 9.50. The molecule has 0 rings (SSSR count). The molecule has 0 aliphatic carbocycles. The Morgan fingerprint density at radius 1 is 0.818 bits per heavy atom. The summed E-state index contributed by atoms with van der Waals surface area (Å²) in [6.07, 6.45) is -11.6. The molecule has 0 saturated carbocycles. The van der Waals surface area contributed by atoms with E-state index >= 15 is 0 Å². The topological polar surface area (TPSA) is 20.2 Å². The van der Waals surface area contributed by atoms with Crippen molar-refractivity contribution < 1.29 is 31.4 Å². The first kappa shape index (κ1) is 10.5. The number of hydrogen-bond acceptors (Lipinski definition) is 1. The second-order valence-electron chi connectivity index (χ2n) is 1.86. The molecule has 0 spiro atoms. The van der Waals surface area contributed by atoms with E-state index in [0.29, 0.717) is 0 Å². The Balaban J connectivity index is 4.75. The molecule has 11 heavy (non-hydrogen) atoms. The van der Waals surface area contributed by atoms with Gasteiger partial charge in [-0.15, -0.1) is 0 Å². The number of halogens is 6. The second-order valence-corrected chi connectivity index (χ2v) is 1.86. The summed E-state index contributed by atoms with van der Waals surface area (Å²) in [5.41, 5.74) is -4.88. The summed E-state index contributed by atoms with van der Waals surface area (Å²) in [6, 6.07) is 0. The Morgan fingerprint density at radius 2 is 1.00 bits per heavy atom. The number of aliphatic hydroxyl groups is 1. The quantitative estimate of drug-likeness (QED) is 0.563. The van der Waals surface area contributed by atoms with Crippen LogP contribution in [0.25, 0.3) is 0 Å². The lowest BCUT2D eigenvalue weighted by Gasteiger charge is -2.27. The van der Waals surface area contributed by atoms with Gasteiger partial charge in [0.2, 0.25) is 0 Å². The molecule has 0 bridgehead atoms. The van der Waals surface area contributed by atoms with Crippen LogP contribution in [-0.2, 0) is 0 Å². The first-order valence-corrected chi connectivity index (χ1v) is 2.21. The highest BCUT2D eigenvalue weighted by molar-refractivity contribution is 4.95. The molecule has 0 heterocycles. The number of rotatable bonds is 0. The number of hydrogen-bond donors (Lipinski definition) is 1.